The smallest absolute Gasteiger partial charge is 0.245 e. The number of rotatable bonds is 5. The van der Waals surface area contributed by atoms with E-state index in [1.54, 1.807) is 16.2 Å². The highest BCUT2D eigenvalue weighted by atomic mass is 32.1. The number of nitrogens with zero attached hydrogens (tertiary/aromatic N) is 3. The highest BCUT2D eigenvalue weighted by Gasteiger charge is 2.38. The monoisotopic (exact) mass is 361 g/mol. The molecule has 0 bridgehead atoms. The molecule has 2 saturated heterocycles. The second-order valence-electron chi connectivity index (χ2n) is 7.58. The van der Waals surface area contributed by atoms with Gasteiger partial charge in [-0.15, -0.1) is 11.3 Å². The number of carbonyl (C=O) groups excluding carboxylic acids is 2. The van der Waals surface area contributed by atoms with Crippen LogP contribution in [0.25, 0.3) is 0 Å². The average Bonchev–Trinajstić information content (AvgIpc) is 3.23. The van der Waals surface area contributed by atoms with E-state index in [1.807, 2.05) is 22.4 Å². The maximum Gasteiger partial charge on any atom is 0.245 e. The van der Waals surface area contributed by atoms with Crippen molar-refractivity contribution in [2.75, 3.05) is 32.7 Å². The first-order valence-electron chi connectivity index (χ1n) is 9.53. The molecule has 5 nitrogen and oxygen atoms in total. The molecule has 3 heterocycles. The zero-order chi connectivity index (χ0) is 17.2. The molecule has 3 fully saturated rings. The zero-order valence-electron chi connectivity index (χ0n) is 14.7. The molecule has 1 atom stereocenters. The number of amides is 2. The van der Waals surface area contributed by atoms with Gasteiger partial charge in [0.05, 0.1) is 6.54 Å². The van der Waals surface area contributed by atoms with Crippen molar-refractivity contribution in [3.63, 3.8) is 0 Å². The standard InChI is InChI=1S/C19H27N3O2S/c23-18-7-6-17(22(18)14-16-3-1-12-25-16)19(24)21-9-2-8-20(10-11-21)13-15-4-5-15/h1,3,12,15,17H,2,4-11,13-14H2. The maximum absolute atomic E-state index is 13.1. The molecular weight excluding hydrogens is 334 g/mol. The van der Waals surface area contributed by atoms with Gasteiger partial charge in [-0.05, 0) is 49.6 Å². The molecular formula is C19H27N3O2S. The van der Waals surface area contributed by atoms with Crippen molar-refractivity contribution < 1.29 is 9.59 Å². The van der Waals surface area contributed by atoms with Crippen LogP contribution in [0.1, 0.15) is 37.0 Å². The van der Waals surface area contributed by atoms with E-state index in [4.69, 9.17) is 0 Å². The minimum atomic E-state index is -0.260. The summed E-state index contributed by atoms with van der Waals surface area (Å²) < 4.78 is 0. The minimum Gasteiger partial charge on any atom is -0.340 e. The lowest BCUT2D eigenvalue weighted by atomic mass is 10.2. The lowest BCUT2D eigenvalue weighted by Gasteiger charge is -2.29. The molecule has 25 heavy (non-hydrogen) atoms. The molecule has 1 aliphatic carbocycles. The molecule has 1 aromatic rings. The molecule has 0 N–H and O–H groups in total. The van der Waals surface area contributed by atoms with Gasteiger partial charge in [-0.1, -0.05) is 6.07 Å². The topological polar surface area (TPSA) is 43.9 Å². The second-order valence-corrected chi connectivity index (χ2v) is 8.61. The number of likely N-dealkylation sites (tertiary alicyclic amines) is 1. The van der Waals surface area contributed by atoms with Gasteiger partial charge < -0.3 is 14.7 Å². The predicted octanol–water partition coefficient (Wildman–Crippen LogP) is 2.18. The number of carbonyl (C=O) groups is 2. The molecule has 0 aromatic carbocycles. The zero-order valence-corrected chi connectivity index (χ0v) is 15.5. The normalized spacial score (nSPS) is 25.4. The molecule has 6 heteroatoms. The van der Waals surface area contributed by atoms with Crippen LogP contribution in [0.5, 0.6) is 0 Å². The molecule has 136 valence electrons. The summed E-state index contributed by atoms with van der Waals surface area (Å²) in [4.78, 5) is 32.9. The van der Waals surface area contributed by atoms with Crippen molar-refractivity contribution in [3.8, 4) is 0 Å². The Kier molecular flexibility index (Phi) is 5.08. The summed E-state index contributed by atoms with van der Waals surface area (Å²) in [5.74, 6) is 1.18. The van der Waals surface area contributed by atoms with Crippen molar-refractivity contribution >= 4 is 23.2 Å². The molecule has 1 unspecified atom stereocenters. The third kappa shape index (κ3) is 4.06. The number of thiophene rings is 1. The van der Waals surface area contributed by atoms with Gasteiger partial charge in [-0.25, -0.2) is 0 Å². The van der Waals surface area contributed by atoms with Crippen LogP contribution in [0.15, 0.2) is 17.5 Å². The van der Waals surface area contributed by atoms with Crippen LogP contribution in [-0.2, 0) is 16.1 Å². The summed E-state index contributed by atoms with van der Waals surface area (Å²) in [5.41, 5.74) is 0. The van der Waals surface area contributed by atoms with Gasteiger partial charge in [-0.3, -0.25) is 9.59 Å². The van der Waals surface area contributed by atoms with Crippen LogP contribution in [0.3, 0.4) is 0 Å². The highest BCUT2D eigenvalue weighted by molar-refractivity contribution is 7.09. The summed E-state index contributed by atoms with van der Waals surface area (Å²) in [6.07, 6.45) is 4.97. The first-order valence-corrected chi connectivity index (χ1v) is 10.4. The van der Waals surface area contributed by atoms with Gasteiger partial charge in [0.2, 0.25) is 11.8 Å². The number of hydrogen-bond donors (Lipinski definition) is 0. The first kappa shape index (κ1) is 17.0. The van der Waals surface area contributed by atoms with Gasteiger partial charge in [0.15, 0.2) is 0 Å². The van der Waals surface area contributed by atoms with E-state index in [9.17, 15) is 9.59 Å². The van der Waals surface area contributed by atoms with Gasteiger partial charge in [0.1, 0.15) is 6.04 Å². The molecule has 0 radical (unpaired) electrons. The molecule has 3 aliphatic rings. The molecule has 2 amide bonds. The Labute approximate surface area is 153 Å². The summed E-state index contributed by atoms with van der Waals surface area (Å²) >= 11 is 1.65. The van der Waals surface area contributed by atoms with Crippen LogP contribution in [0, 0.1) is 5.92 Å². The van der Waals surface area contributed by atoms with E-state index in [0.717, 1.165) is 43.4 Å². The average molecular weight is 362 g/mol. The first-order chi connectivity index (χ1) is 12.2. The van der Waals surface area contributed by atoms with Crippen LogP contribution in [0.4, 0.5) is 0 Å². The van der Waals surface area contributed by atoms with E-state index < -0.39 is 0 Å². The fourth-order valence-electron chi connectivity index (χ4n) is 4.01. The fourth-order valence-corrected chi connectivity index (χ4v) is 4.71. The lowest BCUT2D eigenvalue weighted by Crippen LogP contribution is -2.47. The fraction of sp³-hybridized carbons (Fsp3) is 0.684. The van der Waals surface area contributed by atoms with Crippen LogP contribution in [-0.4, -0.2) is 65.3 Å². The quantitative estimate of drug-likeness (QED) is 0.807. The van der Waals surface area contributed by atoms with Crippen molar-refractivity contribution in [2.45, 2.75) is 44.7 Å². The van der Waals surface area contributed by atoms with Crippen LogP contribution < -0.4 is 0 Å². The van der Waals surface area contributed by atoms with Crippen LogP contribution in [0.2, 0.25) is 0 Å². The molecule has 1 aromatic heterocycles. The van der Waals surface area contributed by atoms with Gasteiger partial charge >= 0.3 is 0 Å². The van der Waals surface area contributed by atoms with Crippen molar-refractivity contribution in [1.29, 1.82) is 0 Å². The maximum atomic E-state index is 13.1. The largest absolute Gasteiger partial charge is 0.340 e. The highest BCUT2D eigenvalue weighted by Crippen LogP contribution is 2.30. The third-order valence-electron chi connectivity index (χ3n) is 5.63. The molecule has 0 spiro atoms. The van der Waals surface area contributed by atoms with Crippen LogP contribution >= 0.6 is 11.3 Å². The summed E-state index contributed by atoms with van der Waals surface area (Å²) in [7, 11) is 0. The Morgan fingerprint density at radius 1 is 1.16 bits per heavy atom. The minimum absolute atomic E-state index is 0.122. The third-order valence-corrected chi connectivity index (χ3v) is 6.49. The summed E-state index contributed by atoms with van der Waals surface area (Å²) in [6.45, 7) is 5.50. The van der Waals surface area contributed by atoms with E-state index in [2.05, 4.69) is 4.90 Å². The van der Waals surface area contributed by atoms with Crippen molar-refractivity contribution in [1.82, 2.24) is 14.7 Å². The van der Waals surface area contributed by atoms with Crippen molar-refractivity contribution in [2.24, 2.45) is 5.92 Å². The van der Waals surface area contributed by atoms with E-state index in [-0.39, 0.29) is 17.9 Å². The molecule has 2 aliphatic heterocycles. The Balaban J connectivity index is 1.37. The second kappa shape index (κ2) is 7.46. The Morgan fingerprint density at radius 2 is 2.04 bits per heavy atom. The van der Waals surface area contributed by atoms with E-state index >= 15 is 0 Å². The van der Waals surface area contributed by atoms with Crippen molar-refractivity contribution in [3.05, 3.63) is 22.4 Å². The Bertz CT molecular complexity index is 614. The molecule has 4 rings (SSSR count). The number of hydrogen-bond acceptors (Lipinski definition) is 4. The molecule has 1 saturated carbocycles. The van der Waals surface area contributed by atoms with Gasteiger partial charge in [0, 0.05) is 37.5 Å². The summed E-state index contributed by atoms with van der Waals surface area (Å²) in [5, 5.41) is 2.02. The van der Waals surface area contributed by atoms with Gasteiger partial charge in [-0.2, -0.15) is 0 Å². The van der Waals surface area contributed by atoms with Gasteiger partial charge in [0.25, 0.3) is 0 Å². The van der Waals surface area contributed by atoms with E-state index in [0.29, 0.717) is 19.4 Å². The predicted molar refractivity (Wildman–Crippen MR) is 98.3 cm³/mol. The van der Waals surface area contributed by atoms with E-state index in [1.165, 1.54) is 19.4 Å². The lowest BCUT2D eigenvalue weighted by molar-refractivity contribution is -0.141. The summed E-state index contributed by atoms with van der Waals surface area (Å²) in [6, 6.07) is 3.78. The Morgan fingerprint density at radius 3 is 2.80 bits per heavy atom. The SMILES string of the molecule is O=C(C1CCC(=O)N1Cc1cccs1)N1CCCN(CC2CC2)CC1. The Hall–Kier alpha value is -1.40.